The van der Waals surface area contributed by atoms with Crippen molar-refractivity contribution < 1.29 is 42.4 Å². The molecular formula is C15H11ClO6. The van der Waals surface area contributed by atoms with E-state index in [9.17, 15) is 25.5 Å². The first kappa shape index (κ1) is 15.5. The summed E-state index contributed by atoms with van der Waals surface area (Å²) in [6, 6.07) is 8.08. The first-order valence-electron chi connectivity index (χ1n) is 6.00. The molecule has 3 rings (SSSR count). The lowest BCUT2D eigenvalue weighted by Crippen LogP contribution is -3.00. The Morgan fingerprint density at radius 2 is 1.36 bits per heavy atom. The van der Waals surface area contributed by atoms with Crippen molar-refractivity contribution in [3.63, 3.8) is 0 Å². The highest BCUT2D eigenvalue weighted by molar-refractivity contribution is 5.86. The summed E-state index contributed by atoms with van der Waals surface area (Å²) in [5.41, 5.74) is 0.560. The van der Waals surface area contributed by atoms with Crippen LogP contribution in [0.4, 0.5) is 0 Å². The molecule has 3 aromatic rings. The van der Waals surface area contributed by atoms with E-state index >= 15 is 0 Å². The molecule has 7 heteroatoms. The van der Waals surface area contributed by atoms with Crippen molar-refractivity contribution in [2.45, 2.75) is 0 Å². The fraction of sp³-hybridized carbons (Fsp3) is 0. The van der Waals surface area contributed by atoms with Crippen LogP contribution in [0.1, 0.15) is 0 Å². The highest BCUT2D eigenvalue weighted by Gasteiger charge is 2.20. The molecule has 0 amide bonds. The molecule has 0 radical (unpaired) electrons. The first-order valence-corrected chi connectivity index (χ1v) is 6.00. The van der Waals surface area contributed by atoms with Crippen LogP contribution in [0.3, 0.4) is 0 Å². The zero-order chi connectivity index (χ0) is 15.1. The Morgan fingerprint density at radius 3 is 2.00 bits per heavy atom. The van der Waals surface area contributed by atoms with E-state index in [0.29, 0.717) is 10.9 Å². The van der Waals surface area contributed by atoms with Crippen LogP contribution in [0.2, 0.25) is 0 Å². The Bertz CT molecular complexity index is 839. The number of halogens is 1. The molecule has 0 fully saturated rings. The van der Waals surface area contributed by atoms with E-state index in [4.69, 9.17) is 4.42 Å². The molecule has 2 aromatic carbocycles. The zero-order valence-corrected chi connectivity index (χ0v) is 11.7. The molecule has 0 aliphatic heterocycles. The van der Waals surface area contributed by atoms with Crippen molar-refractivity contribution >= 4 is 11.0 Å². The van der Waals surface area contributed by atoms with Gasteiger partial charge in [-0.15, -0.1) is 0 Å². The SMILES string of the molecule is Oc1cc(O)c2ccc(-c3cc(O)c(O)c(O)c3)[o+]c2c1.[Cl-]. The fourth-order valence-electron chi connectivity index (χ4n) is 2.06. The number of hydrogen-bond donors (Lipinski definition) is 5. The molecule has 114 valence electrons. The molecule has 0 aliphatic rings. The number of aromatic hydroxyl groups is 5. The third-order valence-electron chi connectivity index (χ3n) is 3.08. The van der Waals surface area contributed by atoms with Crippen LogP contribution in [0.5, 0.6) is 28.7 Å². The Kier molecular flexibility index (Phi) is 3.88. The predicted octanol–water partition coefficient (Wildman–Crippen LogP) is -0.0871. The standard InChI is InChI=1S/C15H10O6.ClH/c16-8-5-10(17)9-1-2-13(21-14(9)6-8)7-3-11(18)15(20)12(19)4-7;/h1-6H,(H4-,16,17,18,19,20);1H. The largest absolute Gasteiger partial charge is 1.00 e. The Hall–Kier alpha value is -2.86. The van der Waals surface area contributed by atoms with Crippen LogP contribution in [0.15, 0.2) is 40.8 Å². The van der Waals surface area contributed by atoms with Crippen molar-refractivity contribution in [3.8, 4) is 40.1 Å². The van der Waals surface area contributed by atoms with Gasteiger partial charge in [0.15, 0.2) is 17.2 Å². The number of phenolic OH excluding ortho intramolecular Hbond substituents is 5. The molecule has 0 atom stereocenters. The minimum atomic E-state index is -0.616. The summed E-state index contributed by atoms with van der Waals surface area (Å²) in [5, 5.41) is 47.9. The third-order valence-corrected chi connectivity index (χ3v) is 3.08. The molecule has 22 heavy (non-hydrogen) atoms. The molecule has 0 aliphatic carbocycles. The van der Waals surface area contributed by atoms with Crippen molar-refractivity contribution in [1.82, 2.24) is 0 Å². The molecule has 1 heterocycles. The lowest BCUT2D eigenvalue weighted by molar-refractivity contribution is -0.00000943. The van der Waals surface area contributed by atoms with Crippen LogP contribution in [0.25, 0.3) is 22.3 Å². The first-order chi connectivity index (χ1) is 9.95. The Labute approximate surface area is 130 Å². The predicted molar refractivity (Wildman–Crippen MR) is 74.4 cm³/mol. The second kappa shape index (κ2) is 5.50. The van der Waals surface area contributed by atoms with E-state index in [2.05, 4.69) is 0 Å². The molecule has 1 aromatic heterocycles. The normalized spacial score (nSPS) is 10.4. The molecule has 6 nitrogen and oxygen atoms in total. The van der Waals surface area contributed by atoms with Gasteiger partial charge in [0.05, 0.1) is 11.6 Å². The van der Waals surface area contributed by atoms with E-state index in [1.54, 1.807) is 6.07 Å². The second-order valence-corrected chi connectivity index (χ2v) is 4.54. The van der Waals surface area contributed by atoms with Gasteiger partial charge in [0.2, 0.25) is 0 Å². The van der Waals surface area contributed by atoms with Crippen molar-refractivity contribution in [2.75, 3.05) is 0 Å². The lowest BCUT2D eigenvalue weighted by atomic mass is 10.1. The summed E-state index contributed by atoms with van der Waals surface area (Å²) in [6.07, 6.45) is 0. The summed E-state index contributed by atoms with van der Waals surface area (Å²) in [5.74, 6) is -1.60. The van der Waals surface area contributed by atoms with Gasteiger partial charge in [-0.05, 0) is 6.07 Å². The maximum absolute atomic E-state index is 9.71. The van der Waals surface area contributed by atoms with E-state index in [-0.39, 0.29) is 35.2 Å². The average molecular weight is 323 g/mol. The summed E-state index contributed by atoms with van der Waals surface area (Å²) in [6.45, 7) is 0. The van der Waals surface area contributed by atoms with Crippen LogP contribution in [-0.2, 0) is 0 Å². The zero-order valence-electron chi connectivity index (χ0n) is 11.0. The maximum atomic E-state index is 9.71. The lowest BCUT2D eigenvalue weighted by Gasteiger charge is -2.01. The van der Waals surface area contributed by atoms with E-state index in [0.717, 1.165) is 0 Å². The van der Waals surface area contributed by atoms with Crippen LogP contribution in [-0.4, -0.2) is 25.5 Å². The van der Waals surface area contributed by atoms with Crippen molar-refractivity contribution in [3.05, 3.63) is 36.4 Å². The number of fused-ring (bicyclic) bond motifs is 1. The molecular weight excluding hydrogens is 312 g/mol. The quantitative estimate of drug-likeness (QED) is 0.316. The van der Waals surface area contributed by atoms with Gasteiger partial charge in [-0.1, -0.05) is 0 Å². The van der Waals surface area contributed by atoms with Crippen LogP contribution >= 0.6 is 0 Å². The Balaban J connectivity index is 0.00000176. The van der Waals surface area contributed by atoms with Crippen LogP contribution in [0, 0.1) is 0 Å². The molecule has 0 spiro atoms. The fourth-order valence-corrected chi connectivity index (χ4v) is 2.06. The summed E-state index contributed by atoms with van der Waals surface area (Å²) >= 11 is 0. The van der Waals surface area contributed by atoms with E-state index in [1.807, 2.05) is 0 Å². The monoisotopic (exact) mass is 322 g/mol. The van der Waals surface area contributed by atoms with Gasteiger partial charge in [0.25, 0.3) is 0 Å². The Morgan fingerprint density at radius 1 is 0.727 bits per heavy atom. The number of rotatable bonds is 1. The van der Waals surface area contributed by atoms with Crippen molar-refractivity contribution in [2.24, 2.45) is 0 Å². The molecule has 0 saturated heterocycles. The van der Waals surface area contributed by atoms with Gasteiger partial charge in [-0.2, -0.15) is 0 Å². The maximum Gasteiger partial charge on any atom is 0.368 e. The van der Waals surface area contributed by atoms with Gasteiger partial charge in [-0.3, -0.25) is 0 Å². The minimum Gasteiger partial charge on any atom is -1.00 e. The van der Waals surface area contributed by atoms with E-state index < -0.39 is 17.2 Å². The minimum absolute atomic E-state index is 0. The van der Waals surface area contributed by atoms with Gasteiger partial charge in [-0.25, -0.2) is 4.42 Å². The topological polar surface area (TPSA) is 112 Å². The van der Waals surface area contributed by atoms with Crippen molar-refractivity contribution in [1.29, 1.82) is 0 Å². The second-order valence-electron chi connectivity index (χ2n) is 4.54. The van der Waals surface area contributed by atoms with Crippen LogP contribution < -0.4 is 12.4 Å². The number of hydrogen-bond acceptors (Lipinski definition) is 5. The van der Waals surface area contributed by atoms with Gasteiger partial charge in [0.1, 0.15) is 16.9 Å². The van der Waals surface area contributed by atoms with Gasteiger partial charge >= 0.3 is 11.3 Å². The molecule has 5 N–H and O–H groups in total. The summed E-state index contributed by atoms with van der Waals surface area (Å²) in [4.78, 5) is 0. The van der Waals surface area contributed by atoms with E-state index in [1.165, 1.54) is 30.3 Å². The average Bonchev–Trinajstić information content (AvgIpc) is 2.43. The highest BCUT2D eigenvalue weighted by atomic mass is 35.5. The summed E-state index contributed by atoms with van der Waals surface area (Å²) in [7, 11) is 0. The summed E-state index contributed by atoms with van der Waals surface area (Å²) < 4.78 is 5.54. The molecule has 0 unspecified atom stereocenters. The molecule has 0 bridgehead atoms. The molecule has 0 saturated carbocycles. The number of benzene rings is 2. The smallest absolute Gasteiger partial charge is 0.368 e. The highest BCUT2D eigenvalue weighted by Crippen LogP contribution is 2.40. The number of phenols is 5. The van der Waals surface area contributed by atoms with Gasteiger partial charge in [0, 0.05) is 24.3 Å². The van der Waals surface area contributed by atoms with Gasteiger partial charge < -0.3 is 37.9 Å². The third kappa shape index (κ3) is 2.51.